The quantitative estimate of drug-likeness (QED) is 0.883. The standard InChI is InChI=1S/C13H18FNO3S/c1-9-7-11(5-6-12(9)14)19(17,18)15-8-10-3-2-4-13(10)16/h5-7,10,13,15-16H,2-4,8H2,1H3. The molecule has 1 aromatic rings. The van der Waals surface area contributed by atoms with Gasteiger partial charge in [0.05, 0.1) is 11.0 Å². The van der Waals surface area contributed by atoms with E-state index in [2.05, 4.69) is 4.72 Å². The molecule has 1 saturated carbocycles. The van der Waals surface area contributed by atoms with Crippen molar-refractivity contribution in [3.05, 3.63) is 29.6 Å². The van der Waals surface area contributed by atoms with Crippen LogP contribution in [-0.2, 0) is 10.0 Å². The summed E-state index contributed by atoms with van der Waals surface area (Å²) in [6, 6.07) is 3.70. The summed E-state index contributed by atoms with van der Waals surface area (Å²) < 4.78 is 39.7. The van der Waals surface area contributed by atoms with Crippen molar-refractivity contribution in [2.24, 2.45) is 5.92 Å². The zero-order valence-corrected chi connectivity index (χ0v) is 11.6. The molecule has 2 unspecified atom stereocenters. The Morgan fingerprint density at radius 2 is 2.16 bits per heavy atom. The maximum absolute atomic E-state index is 13.1. The van der Waals surface area contributed by atoms with Gasteiger partial charge in [0.2, 0.25) is 10.0 Å². The molecule has 6 heteroatoms. The lowest BCUT2D eigenvalue weighted by atomic mass is 10.1. The molecule has 0 amide bonds. The predicted molar refractivity (Wildman–Crippen MR) is 69.7 cm³/mol. The molecule has 0 saturated heterocycles. The number of nitrogens with one attached hydrogen (secondary N) is 1. The fourth-order valence-electron chi connectivity index (χ4n) is 2.34. The first-order chi connectivity index (χ1) is 8.90. The number of aliphatic hydroxyl groups excluding tert-OH is 1. The van der Waals surface area contributed by atoms with Crippen LogP contribution in [0.25, 0.3) is 0 Å². The summed E-state index contributed by atoms with van der Waals surface area (Å²) >= 11 is 0. The number of sulfonamides is 1. The van der Waals surface area contributed by atoms with E-state index < -0.39 is 21.9 Å². The predicted octanol–water partition coefficient (Wildman–Crippen LogP) is 1.57. The van der Waals surface area contributed by atoms with Crippen molar-refractivity contribution in [3.8, 4) is 0 Å². The average molecular weight is 287 g/mol. The van der Waals surface area contributed by atoms with Crippen LogP contribution in [0.15, 0.2) is 23.1 Å². The molecule has 4 nitrogen and oxygen atoms in total. The number of aryl methyl sites for hydroxylation is 1. The third-order valence-corrected chi connectivity index (χ3v) is 5.02. The first-order valence-electron chi connectivity index (χ1n) is 6.34. The molecule has 0 bridgehead atoms. The number of halogens is 1. The molecule has 0 heterocycles. The van der Waals surface area contributed by atoms with E-state index >= 15 is 0 Å². The van der Waals surface area contributed by atoms with Gasteiger partial charge in [0.1, 0.15) is 5.82 Å². The molecule has 2 atom stereocenters. The van der Waals surface area contributed by atoms with Gasteiger partial charge in [0.15, 0.2) is 0 Å². The van der Waals surface area contributed by atoms with Crippen molar-refractivity contribution in [1.29, 1.82) is 0 Å². The molecule has 1 aliphatic rings. The van der Waals surface area contributed by atoms with Gasteiger partial charge in [-0.3, -0.25) is 0 Å². The van der Waals surface area contributed by atoms with Crippen LogP contribution in [0.4, 0.5) is 4.39 Å². The van der Waals surface area contributed by atoms with Gasteiger partial charge >= 0.3 is 0 Å². The van der Waals surface area contributed by atoms with E-state index in [-0.39, 0.29) is 17.4 Å². The third-order valence-electron chi connectivity index (χ3n) is 3.59. The van der Waals surface area contributed by atoms with Gasteiger partial charge in [-0.15, -0.1) is 0 Å². The van der Waals surface area contributed by atoms with Gasteiger partial charge in [-0.25, -0.2) is 17.5 Å². The molecule has 0 aliphatic heterocycles. The highest BCUT2D eigenvalue weighted by Crippen LogP contribution is 2.25. The highest BCUT2D eigenvalue weighted by Gasteiger charge is 2.27. The van der Waals surface area contributed by atoms with Gasteiger partial charge in [-0.2, -0.15) is 0 Å². The maximum Gasteiger partial charge on any atom is 0.240 e. The molecule has 1 fully saturated rings. The van der Waals surface area contributed by atoms with E-state index in [0.717, 1.165) is 25.3 Å². The Hall–Kier alpha value is -0.980. The highest BCUT2D eigenvalue weighted by atomic mass is 32.2. The highest BCUT2D eigenvalue weighted by molar-refractivity contribution is 7.89. The van der Waals surface area contributed by atoms with Crippen molar-refractivity contribution in [1.82, 2.24) is 4.72 Å². The van der Waals surface area contributed by atoms with E-state index in [1.165, 1.54) is 19.1 Å². The first kappa shape index (κ1) is 14.4. The van der Waals surface area contributed by atoms with Crippen molar-refractivity contribution in [2.45, 2.75) is 37.2 Å². The normalized spacial score (nSPS) is 23.7. The van der Waals surface area contributed by atoms with Crippen LogP contribution >= 0.6 is 0 Å². The Bertz CT molecular complexity index is 559. The zero-order valence-electron chi connectivity index (χ0n) is 10.8. The van der Waals surface area contributed by atoms with Crippen molar-refractivity contribution in [2.75, 3.05) is 6.54 Å². The Kier molecular flexibility index (Phi) is 4.23. The van der Waals surface area contributed by atoms with E-state index in [0.29, 0.717) is 5.56 Å². The molecule has 2 rings (SSSR count). The fourth-order valence-corrected chi connectivity index (χ4v) is 3.52. The third kappa shape index (κ3) is 3.32. The number of aliphatic hydroxyl groups is 1. The van der Waals surface area contributed by atoms with Crippen molar-refractivity contribution >= 4 is 10.0 Å². The minimum absolute atomic E-state index is 0.0312. The maximum atomic E-state index is 13.1. The molecule has 1 aliphatic carbocycles. The largest absolute Gasteiger partial charge is 0.393 e. The monoisotopic (exact) mass is 287 g/mol. The molecule has 106 valence electrons. The lowest BCUT2D eigenvalue weighted by Gasteiger charge is -2.15. The van der Waals surface area contributed by atoms with Crippen LogP contribution in [-0.4, -0.2) is 26.2 Å². The number of benzene rings is 1. The molecule has 2 N–H and O–H groups in total. The summed E-state index contributed by atoms with van der Waals surface area (Å²) in [6.07, 6.45) is 2.04. The summed E-state index contributed by atoms with van der Waals surface area (Å²) in [5.41, 5.74) is 0.295. The number of hydrogen-bond acceptors (Lipinski definition) is 3. The van der Waals surface area contributed by atoms with Gasteiger partial charge in [-0.05, 0) is 49.4 Å². The van der Waals surface area contributed by atoms with Crippen molar-refractivity contribution < 1.29 is 17.9 Å². The Morgan fingerprint density at radius 3 is 2.74 bits per heavy atom. The summed E-state index contributed by atoms with van der Waals surface area (Å²) in [5.74, 6) is -0.457. The smallest absolute Gasteiger partial charge is 0.240 e. The Morgan fingerprint density at radius 1 is 1.42 bits per heavy atom. The van der Waals surface area contributed by atoms with Crippen LogP contribution in [0.2, 0.25) is 0 Å². The fraction of sp³-hybridized carbons (Fsp3) is 0.538. The van der Waals surface area contributed by atoms with E-state index in [1.54, 1.807) is 0 Å². The average Bonchev–Trinajstić information content (AvgIpc) is 2.76. The summed E-state index contributed by atoms with van der Waals surface area (Å²) in [5, 5.41) is 9.65. The molecule has 19 heavy (non-hydrogen) atoms. The second-order valence-corrected chi connectivity index (χ2v) is 6.79. The Labute approximate surface area is 112 Å². The minimum atomic E-state index is -3.64. The minimum Gasteiger partial charge on any atom is -0.393 e. The molecule has 0 radical (unpaired) electrons. The SMILES string of the molecule is Cc1cc(S(=O)(=O)NCC2CCCC2O)ccc1F. The summed E-state index contributed by atoms with van der Waals surface area (Å²) in [6.45, 7) is 1.75. The van der Waals surface area contributed by atoms with Gasteiger partial charge < -0.3 is 5.11 Å². The first-order valence-corrected chi connectivity index (χ1v) is 7.82. The Balaban J connectivity index is 2.07. The number of hydrogen-bond donors (Lipinski definition) is 2. The number of rotatable bonds is 4. The molecular formula is C13H18FNO3S. The van der Waals surface area contributed by atoms with Crippen LogP contribution in [0.3, 0.4) is 0 Å². The van der Waals surface area contributed by atoms with Crippen LogP contribution in [0.5, 0.6) is 0 Å². The summed E-state index contributed by atoms with van der Waals surface area (Å²) in [4.78, 5) is 0.0545. The van der Waals surface area contributed by atoms with Gasteiger partial charge in [-0.1, -0.05) is 6.42 Å². The zero-order chi connectivity index (χ0) is 14.0. The van der Waals surface area contributed by atoms with Crippen LogP contribution < -0.4 is 4.72 Å². The molecule has 0 aromatic heterocycles. The second kappa shape index (κ2) is 5.56. The van der Waals surface area contributed by atoms with E-state index in [9.17, 15) is 17.9 Å². The van der Waals surface area contributed by atoms with Crippen molar-refractivity contribution in [3.63, 3.8) is 0 Å². The lowest BCUT2D eigenvalue weighted by molar-refractivity contribution is 0.134. The molecular weight excluding hydrogens is 269 g/mol. The van der Waals surface area contributed by atoms with E-state index in [1.807, 2.05) is 0 Å². The topological polar surface area (TPSA) is 66.4 Å². The van der Waals surface area contributed by atoms with Crippen LogP contribution in [0, 0.1) is 18.7 Å². The van der Waals surface area contributed by atoms with E-state index in [4.69, 9.17) is 0 Å². The lowest BCUT2D eigenvalue weighted by Crippen LogP contribution is -2.32. The summed E-state index contributed by atoms with van der Waals surface area (Å²) in [7, 11) is -3.64. The molecule has 1 aromatic carbocycles. The van der Waals surface area contributed by atoms with Crippen LogP contribution in [0.1, 0.15) is 24.8 Å². The van der Waals surface area contributed by atoms with Gasteiger partial charge in [0.25, 0.3) is 0 Å². The second-order valence-electron chi connectivity index (χ2n) is 5.02. The molecule has 0 spiro atoms. The van der Waals surface area contributed by atoms with Gasteiger partial charge in [0, 0.05) is 6.54 Å².